The number of hydrogen-bond acceptors (Lipinski definition) is 2. The highest BCUT2D eigenvalue weighted by Crippen LogP contribution is 2.44. The van der Waals surface area contributed by atoms with Gasteiger partial charge in [-0.05, 0) is 25.3 Å². The fourth-order valence-corrected chi connectivity index (χ4v) is 2.52. The Morgan fingerprint density at radius 1 is 1.60 bits per heavy atom. The van der Waals surface area contributed by atoms with Crippen LogP contribution in [0.15, 0.2) is 0 Å². The van der Waals surface area contributed by atoms with E-state index in [1.165, 1.54) is 19.3 Å². The minimum Gasteiger partial charge on any atom is -0.396 e. The lowest BCUT2D eigenvalue weighted by atomic mass is 9.82. The molecule has 2 nitrogen and oxygen atoms in total. The molecule has 1 aliphatic carbocycles. The van der Waals surface area contributed by atoms with E-state index in [4.69, 9.17) is 0 Å². The van der Waals surface area contributed by atoms with Crippen molar-refractivity contribution in [3.05, 3.63) is 0 Å². The van der Waals surface area contributed by atoms with E-state index in [1.807, 2.05) is 0 Å². The Labute approximate surface area is 61.6 Å². The molecule has 2 N–H and O–H groups in total. The molecule has 2 aliphatic rings. The Hall–Kier alpha value is -0.0800. The first-order valence-electron chi connectivity index (χ1n) is 4.19. The van der Waals surface area contributed by atoms with Crippen LogP contribution >= 0.6 is 0 Å². The standard InChI is InChI=1S/C8H15NO/c10-6-8-3-1-2-7(8)4-9-5-8/h7,9-10H,1-6H2/t7-,8-/m0/s1. The van der Waals surface area contributed by atoms with Crippen molar-refractivity contribution in [1.82, 2.24) is 5.32 Å². The summed E-state index contributed by atoms with van der Waals surface area (Å²) in [4.78, 5) is 0. The van der Waals surface area contributed by atoms with Crippen molar-refractivity contribution in [3.63, 3.8) is 0 Å². The molecule has 1 saturated heterocycles. The van der Waals surface area contributed by atoms with Crippen LogP contribution in [-0.4, -0.2) is 24.8 Å². The van der Waals surface area contributed by atoms with E-state index in [-0.39, 0.29) is 0 Å². The summed E-state index contributed by atoms with van der Waals surface area (Å²) >= 11 is 0. The molecule has 0 aromatic rings. The second-order valence-electron chi connectivity index (χ2n) is 3.74. The molecule has 2 fully saturated rings. The second-order valence-corrected chi connectivity index (χ2v) is 3.74. The van der Waals surface area contributed by atoms with Crippen LogP contribution in [0.1, 0.15) is 19.3 Å². The number of fused-ring (bicyclic) bond motifs is 1. The number of aliphatic hydroxyl groups excluding tert-OH is 1. The molecule has 10 heavy (non-hydrogen) atoms. The predicted molar refractivity (Wildman–Crippen MR) is 39.7 cm³/mol. The van der Waals surface area contributed by atoms with Crippen molar-refractivity contribution in [1.29, 1.82) is 0 Å². The van der Waals surface area contributed by atoms with Gasteiger partial charge in [-0.15, -0.1) is 0 Å². The number of aliphatic hydroxyl groups is 1. The molecule has 2 heteroatoms. The molecule has 0 bridgehead atoms. The highest BCUT2D eigenvalue weighted by atomic mass is 16.3. The number of rotatable bonds is 1. The summed E-state index contributed by atoms with van der Waals surface area (Å²) in [7, 11) is 0. The summed E-state index contributed by atoms with van der Waals surface area (Å²) in [6, 6.07) is 0. The van der Waals surface area contributed by atoms with Crippen molar-refractivity contribution >= 4 is 0 Å². The SMILES string of the molecule is OC[C@@]12CCC[C@H]1CNC2. The van der Waals surface area contributed by atoms with Gasteiger partial charge in [0.05, 0.1) is 6.61 Å². The zero-order valence-corrected chi connectivity index (χ0v) is 6.27. The third-order valence-electron chi connectivity index (χ3n) is 3.28. The highest BCUT2D eigenvalue weighted by Gasteiger charge is 2.45. The van der Waals surface area contributed by atoms with Gasteiger partial charge >= 0.3 is 0 Å². The molecule has 2 rings (SSSR count). The van der Waals surface area contributed by atoms with Crippen LogP contribution in [0.2, 0.25) is 0 Å². The van der Waals surface area contributed by atoms with Gasteiger partial charge in [-0.2, -0.15) is 0 Å². The molecule has 1 heterocycles. The highest BCUT2D eigenvalue weighted by molar-refractivity contribution is 4.98. The maximum Gasteiger partial charge on any atom is 0.0502 e. The molecule has 0 spiro atoms. The van der Waals surface area contributed by atoms with Crippen molar-refractivity contribution in [2.45, 2.75) is 19.3 Å². The average molecular weight is 141 g/mol. The minimum absolute atomic E-state index is 0.292. The molecule has 2 atom stereocenters. The van der Waals surface area contributed by atoms with Gasteiger partial charge in [0.25, 0.3) is 0 Å². The summed E-state index contributed by atoms with van der Waals surface area (Å²) < 4.78 is 0. The van der Waals surface area contributed by atoms with Gasteiger partial charge in [0, 0.05) is 12.0 Å². The fourth-order valence-electron chi connectivity index (χ4n) is 2.52. The van der Waals surface area contributed by atoms with Gasteiger partial charge in [0.2, 0.25) is 0 Å². The summed E-state index contributed by atoms with van der Waals surface area (Å²) in [5.74, 6) is 0.775. The van der Waals surface area contributed by atoms with Gasteiger partial charge in [-0.1, -0.05) is 6.42 Å². The van der Waals surface area contributed by atoms with E-state index in [9.17, 15) is 5.11 Å². The first kappa shape index (κ1) is 6.62. The van der Waals surface area contributed by atoms with Crippen LogP contribution in [0.4, 0.5) is 0 Å². The van der Waals surface area contributed by atoms with Crippen molar-refractivity contribution in [3.8, 4) is 0 Å². The lowest BCUT2D eigenvalue weighted by Gasteiger charge is -2.24. The lowest BCUT2D eigenvalue weighted by Crippen LogP contribution is -2.29. The molecule has 0 aromatic carbocycles. The van der Waals surface area contributed by atoms with E-state index in [1.54, 1.807) is 0 Å². The lowest BCUT2D eigenvalue weighted by molar-refractivity contribution is 0.120. The molecule has 1 aliphatic heterocycles. The van der Waals surface area contributed by atoms with Crippen molar-refractivity contribution < 1.29 is 5.11 Å². The largest absolute Gasteiger partial charge is 0.396 e. The van der Waals surface area contributed by atoms with E-state index >= 15 is 0 Å². The normalized spacial score (nSPS) is 45.9. The predicted octanol–water partition coefficient (Wildman–Crippen LogP) is 0.368. The zero-order chi connectivity index (χ0) is 7.03. The summed E-state index contributed by atoms with van der Waals surface area (Å²) in [6.07, 6.45) is 3.89. The van der Waals surface area contributed by atoms with Crippen LogP contribution in [0, 0.1) is 11.3 Å². The Morgan fingerprint density at radius 2 is 2.50 bits per heavy atom. The number of nitrogens with one attached hydrogen (secondary N) is 1. The Kier molecular flexibility index (Phi) is 1.46. The van der Waals surface area contributed by atoms with E-state index in [0.717, 1.165) is 19.0 Å². The molecule has 0 aromatic heterocycles. The topological polar surface area (TPSA) is 32.3 Å². The molecule has 0 unspecified atom stereocenters. The second kappa shape index (κ2) is 2.21. The first-order chi connectivity index (χ1) is 4.87. The summed E-state index contributed by atoms with van der Waals surface area (Å²) in [5, 5.41) is 12.5. The quantitative estimate of drug-likeness (QED) is 0.553. The van der Waals surface area contributed by atoms with Gasteiger partial charge in [-0.3, -0.25) is 0 Å². The molecular formula is C8H15NO. The van der Waals surface area contributed by atoms with Gasteiger partial charge in [0.15, 0.2) is 0 Å². The van der Waals surface area contributed by atoms with E-state index < -0.39 is 0 Å². The van der Waals surface area contributed by atoms with E-state index in [0.29, 0.717) is 12.0 Å². The van der Waals surface area contributed by atoms with Crippen LogP contribution in [0.3, 0.4) is 0 Å². The van der Waals surface area contributed by atoms with Crippen LogP contribution in [0.25, 0.3) is 0 Å². The van der Waals surface area contributed by atoms with E-state index in [2.05, 4.69) is 5.32 Å². The summed E-state index contributed by atoms with van der Waals surface area (Å²) in [6.45, 7) is 2.58. The minimum atomic E-state index is 0.292. The van der Waals surface area contributed by atoms with Gasteiger partial charge in [-0.25, -0.2) is 0 Å². The monoisotopic (exact) mass is 141 g/mol. The fraction of sp³-hybridized carbons (Fsp3) is 1.00. The molecule has 0 amide bonds. The van der Waals surface area contributed by atoms with Crippen LogP contribution in [0.5, 0.6) is 0 Å². The van der Waals surface area contributed by atoms with Crippen molar-refractivity contribution in [2.24, 2.45) is 11.3 Å². The smallest absolute Gasteiger partial charge is 0.0502 e. The third-order valence-corrected chi connectivity index (χ3v) is 3.28. The maximum atomic E-state index is 9.19. The molecule has 0 radical (unpaired) electrons. The molecule has 1 saturated carbocycles. The Balaban J connectivity index is 2.15. The summed E-state index contributed by atoms with van der Waals surface area (Å²) in [5.41, 5.74) is 0.292. The van der Waals surface area contributed by atoms with Crippen LogP contribution < -0.4 is 5.32 Å². The molecular weight excluding hydrogens is 126 g/mol. The van der Waals surface area contributed by atoms with Gasteiger partial charge in [0.1, 0.15) is 0 Å². The van der Waals surface area contributed by atoms with Gasteiger partial charge < -0.3 is 10.4 Å². The van der Waals surface area contributed by atoms with Crippen LogP contribution in [-0.2, 0) is 0 Å². The number of hydrogen-bond donors (Lipinski definition) is 2. The first-order valence-corrected chi connectivity index (χ1v) is 4.19. The van der Waals surface area contributed by atoms with Crippen molar-refractivity contribution in [2.75, 3.05) is 19.7 Å². The Morgan fingerprint density at radius 3 is 3.20 bits per heavy atom. The maximum absolute atomic E-state index is 9.19. The third kappa shape index (κ3) is 0.722. The molecule has 58 valence electrons. The average Bonchev–Trinajstić information content (AvgIpc) is 2.42. The Bertz CT molecular complexity index is 125. The zero-order valence-electron chi connectivity index (χ0n) is 6.27.